The summed E-state index contributed by atoms with van der Waals surface area (Å²) < 4.78 is 2.04. The van der Waals surface area contributed by atoms with Crippen molar-refractivity contribution in [3.63, 3.8) is 0 Å². The molecule has 0 aromatic carbocycles. The SMILES string of the molecule is CC(Nc1nn(C)c(=O)n(C)c1=O)C(=O)N1CCCCC1. The van der Waals surface area contributed by atoms with Crippen LogP contribution < -0.4 is 16.6 Å². The number of aromatic nitrogens is 3. The standard InChI is InChI=1S/C13H21N5O3/c1-9(11(19)18-7-5-4-6-8-18)14-10-12(20)16(2)13(21)17(3)15-10/h9H,4-8H2,1-3H3,(H,14,15). The second-order valence-corrected chi connectivity index (χ2v) is 5.37. The molecule has 21 heavy (non-hydrogen) atoms. The van der Waals surface area contributed by atoms with Crippen molar-refractivity contribution in [3.8, 4) is 0 Å². The number of hydrogen-bond acceptors (Lipinski definition) is 5. The molecule has 1 amide bonds. The van der Waals surface area contributed by atoms with E-state index < -0.39 is 17.3 Å². The summed E-state index contributed by atoms with van der Waals surface area (Å²) in [4.78, 5) is 37.7. The van der Waals surface area contributed by atoms with Gasteiger partial charge in [-0.1, -0.05) is 0 Å². The fourth-order valence-electron chi connectivity index (χ4n) is 2.44. The molecule has 0 spiro atoms. The first-order valence-corrected chi connectivity index (χ1v) is 7.11. The molecule has 0 saturated carbocycles. The zero-order chi connectivity index (χ0) is 15.6. The molecule has 1 aromatic rings. The van der Waals surface area contributed by atoms with Crippen molar-refractivity contribution in [2.45, 2.75) is 32.2 Å². The van der Waals surface area contributed by atoms with E-state index in [4.69, 9.17) is 0 Å². The number of amides is 1. The lowest BCUT2D eigenvalue weighted by Gasteiger charge is -2.29. The van der Waals surface area contributed by atoms with Crippen molar-refractivity contribution in [3.05, 3.63) is 20.8 Å². The number of anilines is 1. The maximum absolute atomic E-state index is 12.3. The van der Waals surface area contributed by atoms with E-state index in [2.05, 4.69) is 10.4 Å². The number of nitrogens with zero attached hydrogens (tertiary/aromatic N) is 4. The van der Waals surface area contributed by atoms with Gasteiger partial charge in [0.25, 0.3) is 5.56 Å². The van der Waals surface area contributed by atoms with Gasteiger partial charge in [0, 0.05) is 27.2 Å². The molecule has 8 heteroatoms. The van der Waals surface area contributed by atoms with Crippen LogP contribution in [0, 0.1) is 0 Å². The zero-order valence-electron chi connectivity index (χ0n) is 12.6. The Hall–Kier alpha value is -2.12. The van der Waals surface area contributed by atoms with Gasteiger partial charge in [-0.15, -0.1) is 5.10 Å². The molecule has 1 saturated heterocycles. The quantitative estimate of drug-likeness (QED) is 0.796. The highest BCUT2D eigenvalue weighted by atomic mass is 16.2. The van der Waals surface area contributed by atoms with E-state index >= 15 is 0 Å². The maximum Gasteiger partial charge on any atom is 0.346 e. The Morgan fingerprint density at radius 3 is 2.43 bits per heavy atom. The molecule has 1 fully saturated rings. The molecule has 2 rings (SSSR count). The van der Waals surface area contributed by atoms with Crippen molar-refractivity contribution in [2.75, 3.05) is 18.4 Å². The van der Waals surface area contributed by atoms with Crippen LogP contribution in [0.3, 0.4) is 0 Å². The molecular formula is C13H21N5O3. The normalized spacial score (nSPS) is 16.6. The summed E-state index contributed by atoms with van der Waals surface area (Å²) in [7, 11) is 2.85. The van der Waals surface area contributed by atoms with Crippen molar-refractivity contribution in [1.29, 1.82) is 0 Å². The van der Waals surface area contributed by atoms with Crippen molar-refractivity contribution in [1.82, 2.24) is 19.2 Å². The monoisotopic (exact) mass is 295 g/mol. The minimum Gasteiger partial charge on any atom is -0.353 e. The number of carbonyl (C=O) groups excluding carboxylic acids is 1. The van der Waals surface area contributed by atoms with Gasteiger partial charge in [0.15, 0.2) is 0 Å². The minimum atomic E-state index is -0.555. The van der Waals surface area contributed by atoms with E-state index in [1.807, 2.05) is 0 Å². The Morgan fingerprint density at radius 1 is 1.19 bits per heavy atom. The first-order valence-electron chi connectivity index (χ1n) is 7.11. The van der Waals surface area contributed by atoms with Gasteiger partial charge in [-0.05, 0) is 26.2 Å². The summed E-state index contributed by atoms with van der Waals surface area (Å²) in [5, 5.41) is 6.71. The zero-order valence-corrected chi connectivity index (χ0v) is 12.6. The fourth-order valence-corrected chi connectivity index (χ4v) is 2.44. The molecule has 8 nitrogen and oxygen atoms in total. The number of hydrogen-bond donors (Lipinski definition) is 1. The van der Waals surface area contributed by atoms with Crippen LogP contribution in [0.25, 0.3) is 0 Å². The number of nitrogens with one attached hydrogen (secondary N) is 1. The molecule has 1 aliphatic heterocycles. The second kappa shape index (κ2) is 6.11. The van der Waals surface area contributed by atoms with Crippen LogP contribution in [-0.2, 0) is 18.9 Å². The van der Waals surface area contributed by atoms with Crippen LogP contribution >= 0.6 is 0 Å². The highest BCUT2D eigenvalue weighted by Crippen LogP contribution is 2.10. The summed E-state index contributed by atoms with van der Waals surface area (Å²) in [6, 6.07) is -0.555. The lowest BCUT2D eigenvalue weighted by Crippen LogP contribution is -2.46. The second-order valence-electron chi connectivity index (χ2n) is 5.37. The number of rotatable bonds is 3. The van der Waals surface area contributed by atoms with Crippen molar-refractivity contribution >= 4 is 11.7 Å². The lowest BCUT2D eigenvalue weighted by molar-refractivity contribution is -0.132. The Kier molecular flexibility index (Phi) is 4.44. The number of piperidine rings is 1. The van der Waals surface area contributed by atoms with Gasteiger partial charge in [-0.25, -0.2) is 9.48 Å². The smallest absolute Gasteiger partial charge is 0.346 e. The summed E-state index contributed by atoms with van der Waals surface area (Å²) in [6.07, 6.45) is 3.17. The van der Waals surface area contributed by atoms with Gasteiger partial charge in [0.1, 0.15) is 6.04 Å². The van der Waals surface area contributed by atoms with E-state index in [0.717, 1.165) is 41.6 Å². The lowest BCUT2D eigenvalue weighted by atomic mass is 10.1. The first kappa shape index (κ1) is 15.3. The van der Waals surface area contributed by atoms with Gasteiger partial charge in [0.2, 0.25) is 11.7 Å². The third-order valence-electron chi connectivity index (χ3n) is 3.71. The van der Waals surface area contributed by atoms with Gasteiger partial charge in [0.05, 0.1) is 0 Å². The van der Waals surface area contributed by atoms with E-state index in [0.29, 0.717) is 0 Å². The molecule has 1 unspecified atom stereocenters. The average Bonchev–Trinajstić information content (AvgIpc) is 2.50. The topological polar surface area (TPSA) is 89.2 Å². The average molecular weight is 295 g/mol. The largest absolute Gasteiger partial charge is 0.353 e. The van der Waals surface area contributed by atoms with E-state index in [1.54, 1.807) is 11.8 Å². The summed E-state index contributed by atoms with van der Waals surface area (Å²) in [5.74, 6) is -0.0372. The number of aryl methyl sites for hydroxylation is 1. The number of likely N-dealkylation sites (tertiary alicyclic amines) is 1. The minimum absolute atomic E-state index is 0.0115. The van der Waals surface area contributed by atoms with Crippen molar-refractivity contribution in [2.24, 2.45) is 14.1 Å². The van der Waals surface area contributed by atoms with E-state index in [-0.39, 0.29) is 11.7 Å². The molecule has 1 atom stereocenters. The van der Waals surface area contributed by atoms with Crippen LogP contribution in [-0.4, -0.2) is 44.3 Å². The van der Waals surface area contributed by atoms with Crippen LogP contribution in [0.4, 0.5) is 5.82 Å². The predicted octanol–water partition coefficient (Wildman–Crippen LogP) is -0.708. The maximum atomic E-state index is 12.3. The Balaban J connectivity index is 2.16. The fraction of sp³-hybridized carbons (Fsp3) is 0.692. The molecule has 0 bridgehead atoms. The summed E-state index contributed by atoms with van der Waals surface area (Å²) in [5.41, 5.74) is -1.03. The predicted molar refractivity (Wildman–Crippen MR) is 78.2 cm³/mol. The van der Waals surface area contributed by atoms with Crippen LogP contribution in [0.5, 0.6) is 0 Å². The Morgan fingerprint density at radius 2 is 1.81 bits per heavy atom. The third kappa shape index (κ3) is 3.14. The van der Waals surface area contributed by atoms with Gasteiger partial charge in [-0.3, -0.25) is 14.2 Å². The molecular weight excluding hydrogens is 274 g/mol. The van der Waals surface area contributed by atoms with E-state index in [9.17, 15) is 14.4 Å². The Labute approximate surface area is 122 Å². The molecule has 0 aliphatic carbocycles. The van der Waals surface area contributed by atoms with Crippen LogP contribution in [0.15, 0.2) is 9.59 Å². The Bertz CT molecular complexity index is 642. The molecule has 2 heterocycles. The highest BCUT2D eigenvalue weighted by molar-refractivity contribution is 5.84. The van der Waals surface area contributed by atoms with Crippen LogP contribution in [0.2, 0.25) is 0 Å². The van der Waals surface area contributed by atoms with E-state index in [1.165, 1.54) is 14.1 Å². The molecule has 116 valence electrons. The van der Waals surface area contributed by atoms with Gasteiger partial charge < -0.3 is 10.2 Å². The highest BCUT2D eigenvalue weighted by Gasteiger charge is 2.23. The molecule has 1 aliphatic rings. The summed E-state index contributed by atoms with van der Waals surface area (Å²) in [6.45, 7) is 3.20. The first-order chi connectivity index (χ1) is 9.91. The molecule has 1 aromatic heterocycles. The van der Waals surface area contributed by atoms with Crippen LogP contribution in [0.1, 0.15) is 26.2 Å². The summed E-state index contributed by atoms with van der Waals surface area (Å²) >= 11 is 0. The van der Waals surface area contributed by atoms with Crippen molar-refractivity contribution < 1.29 is 4.79 Å². The molecule has 0 radical (unpaired) electrons. The van der Waals surface area contributed by atoms with Gasteiger partial charge in [-0.2, -0.15) is 0 Å². The number of carbonyl (C=O) groups is 1. The van der Waals surface area contributed by atoms with Gasteiger partial charge >= 0.3 is 5.69 Å². The third-order valence-corrected chi connectivity index (χ3v) is 3.71. The molecule has 1 N–H and O–H groups in total.